The predicted molar refractivity (Wildman–Crippen MR) is 83.7 cm³/mol. The number of nitrogen functional groups attached to an aromatic ring is 1. The molecule has 3 N–H and O–H groups in total. The summed E-state index contributed by atoms with van der Waals surface area (Å²) in [5, 5.41) is 3.17. The van der Waals surface area contributed by atoms with Gasteiger partial charge in [0.05, 0.1) is 17.1 Å². The van der Waals surface area contributed by atoms with Crippen molar-refractivity contribution < 1.29 is 13.2 Å². The number of rotatable bonds is 5. The molecule has 0 aromatic heterocycles. The summed E-state index contributed by atoms with van der Waals surface area (Å²) in [6, 6.07) is 4.85. The van der Waals surface area contributed by atoms with Crippen LogP contribution in [-0.2, 0) is 14.8 Å². The van der Waals surface area contributed by atoms with E-state index in [-0.39, 0.29) is 18.1 Å². The third kappa shape index (κ3) is 4.33. The van der Waals surface area contributed by atoms with Crippen LogP contribution in [0.15, 0.2) is 18.2 Å². The maximum Gasteiger partial charge on any atom is 0.224 e. The van der Waals surface area contributed by atoms with Crippen molar-refractivity contribution in [2.75, 3.05) is 29.9 Å². The number of carbonyl (C=O) groups is 1. The van der Waals surface area contributed by atoms with Crippen LogP contribution >= 0.6 is 11.6 Å². The molecule has 1 fully saturated rings. The molecule has 1 aliphatic heterocycles. The minimum Gasteiger partial charge on any atom is -0.397 e. The van der Waals surface area contributed by atoms with Crippen molar-refractivity contribution in [2.45, 2.75) is 19.3 Å². The van der Waals surface area contributed by atoms with Gasteiger partial charge in [0.2, 0.25) is 15.9 Å². The van der Waals surface area contributed by atoms with E-state index in [9.17, 15) is 13.2 Å². The van der Waals surface area contributed by atoms with Crippen LogP contribution in [-0.4, -0.2) is 37.5 Å². The number of sulfonamides is 1. The molecule has 1 heterocycles. The first-order chi connectivity index (χ1) is 9.88. The molecule has 2 rings (SSSR count). The average molecular weight is 332 g/mol. The fourth-order valence-corrected chi connectivity index (χ4v) is 3.95. The van der Waals surface area contributed by atoms with Gasteiger partial charge in [0.25, 0.3) is 0 Å². The Bertz CT molecular complexity index is 634. The second-order valence-corrected chi connectivity index (χ2v) is 7.48. The molecule has 1 saturated heterocycles. The molecule has 1 aromatic rings. The molecule has 8 heteroatoms. The smallest absolute Gasteiger partial charge is 0.224 e. The highest BCUT2D eigenvalue weighted by molar-refractivity contribution is 7.89. The summed E-state index contributed by atoms with van der Waals surface area (Å²) in [6.07, 6.45) is 1.37. The quantitative estimate of drug-likeness (QED) is 0.803. The topological polar surface area (TPSA) is 92.5 Å². The SMILES string of the molecule is Nc1ccc(Cl)cc1NC(=O)CCCN1CCCS1(=O)=O. The van der Waals surface area contributed by atoms with Gasteiger partial charge in [-0.3, -0.25) is 4.79 Å². The van der Waals surface area contributed by atoms with Crippen molar-refractivity contribution in [3.05, 3.63) is 23.2 Å². The van der Waals surface area contributed by atoms with Gasteiger partial charge in [-0.15, -0.1) is 0 Å². The van der Waals surface area contributed by atoms with Crippen molar-refractivity contribution in [2.24, 2.45) is 0 Å². The molecule has 0 atom stereocenters. The number of carbonyl (C=O) groups excluding carboxylic acids is 1. The highest BCUT2D eigenvalue weighted by Gasteiger charge is 2.27. The van der Waals surface area contributed by atoms with Gasteiger partial charge in [-0.1, -0.05) is 11.6 Å². The number of hydrogen-bond acceptors (Lipinski definition) is 4. The Morgan fingerprint density at radius 1 is 1.43 bits per heavy atom. The Labute approximate surface area is 129 Å². The lowest BCUT2D eigenvalue weighted by Crippen LogP contribution is -2.27. The summed E-state index contributed by atoms with van der Waals surface area (Å²) in [4.78, 5) is 11.8. The molecule has 21 heavy (non-hydrogen) atoms. The molecule has 0 radical (unpaired) electrons. The highest BCUT2D eigenvalue weighted by Crippen LogP contribution is 2.23. The Balaban J connectivity index is 1.81. The molecule has 1 aliphatic rings. The Kier molecular flexibility index (Phi) is 5.08. The second-order valence-electron chi connectivity index (χ2n) is 4.95. The van der Waals surface area contributed by atoms with Crippen molar-refractivity contribution in [1.82, 2.24) is 4.31 Å². The Hall–Kier alpha value is -1.31. The standard InChI is InChI=1S/C13H18ClN3O3S/c14-10-4-5-11(15)12(9-10)16-13(18)3-1-6-17-7-2-8-21(17,19)20/h4-5,9H,1-3,6-8,15H2,(H,16,18). The molecule has 1 amide bonds. The lowest BCUT2D eigenvalue weighted by atomic mass is 10.2. The first kappa shape index (κ1) is 16.1. The molecule has 1 aromatic carbocycles. The summed E-state index contributed by atoms with van der Waals surface area (Å²) >= 11 is 5.84. The summed E-state index contributed by atoms with van der Waals surface area (Å²) in [5.74, 6) is -0.00122. The monoisotopic (exact) mass is 331 g/mol. The second kappa shape index (κ2) is 6.64. The lowest BCUT2D eigenvalue weighted by Gasteiger charge is -2.14. The third-order valence-electron chi connectivity index (χ3n) is 3.30. The summed E-state index contributed by atoms with van der Waals surface area (Å²) < 4.78 is 24.6. The van der Waals surface area contributed by atoms with Gasteiger partial charge >= 0.3 is 0 Å². The third-order valence-corrected chi connectivity index (χ3v) is 5.50. The van der Waals surface area contributed by atoms with Crippen molar-refractivity contribution in [3.8, 4) is 0 Å². The first-order valence-corrected chi connectivity index (χ1v) is 8.70. The van der Waals surface area contributed by atoms with Gasteiger partial charge in [-0.25, -0.2) is 12.7 Å². The van der Waals surface area contributed by atoms with Crippen LogP contribution in [0.4, 0.5) is 11.4 Å². The molecular weight excluding hydrogens is 314 g/mol. The van der Waals surface area contributed by atoms with Crippen LogP contribution in [0.1, 0.15) is 19.3 Å². The minimum absolute atomic E-state index is 0.207. The zero-order chi connectivity index (χ0) is 15.5. The first-order valence-electron chi connectivity index (χ1n) is 6.71. The van der Waals surface area contributed by atoms with Crippen molar-refractivity contribution in [3.63, 3.8) is 0 Å². The fourth-order valence-electron chi connectivity index (χ4n) is 2.21. The van der Waals surface area contributed by atoms with Gasteiger partial charge in [0.1, 0.15) is 0 Å². The van der Waals surface area contributed by atoms with E-state index >= 15 is 0 Å². The van der Waals surface area contributed by atoms with E-state index in [0.717, 1.165) is 0 Å². The molecule has 0 unspecified atom stereocenters. The van der Waals surface area contributed by atoms with E-state index in [1.807, 2.05) is 0 Å². The van der Waals surface area contributed by atoms with Crippen LogP contribution < -0.4 is 11.1 Å². The van der Waals surface area contributed by atoms with Gasteiger partial charge in [0.15, 0.2) is 0 Å². The minimum atomic E-state index is -3.09. The number of nitrogens with one attached hydrogen (secondary N) is 1. The maximum atomic E-state index is 11.8. The Morgan fingerprint density at radius 3 is 2.86 bits per heavy atom. The van der Waals surface area contributed by atoms with E-state index < -0.39 is 10.0 Å². The molecule has 0 aliphatic carbocycles. The van der Waals surface area contributed by atoms with Crippen LogP contribution in [0, 0.1) is 0 Å². The fraction of sp³-hybridized carbons (Fsp3) is 0.462. The number of anilines is 2. The molecular formula is C13H18ClN3O3S. The molecule has 0 spiro atoms. The van der Waals surface area contributed by atoms with E-state index in [4.69, 9.17) is 17.3 Å². The number of benzene rings is 1. The molecule has 0 bridgehead atoms. The normalized spacial score (nSPS) is 17.8. The zero-order valence-electron chi connectivity index (χ0n) is 11.5. The van der Waals surface area contributed by atoms with E-state index in [1.165, 1.54) is 4.31 Å². The number of nitrogens with two attached hydrogens (primary N) is 1. The van der Waals surface area contributed by atoms with Gasteiger partial charge in [-0.05, 0) is 31.0 Å². The number of nitrogens with zero attached hydrogens (tertiary/aromatic N) is 1. The zero-order valence-corrected chi connectivity index (χ0v) is 13.1. The molecule has 6 nitrogen and oxygen atoms in total. The van der Waals surface area contributed by atoms with Crippen LogP contribution in [0.25, 0.3) is 0 Å². The van der Waals surface area contributed by atoms with Crippen LogP contribution in [0.3, 0.4) is 0 Å². The van der Waals surface area contributed by atoms with E-state index in [0.29, 0.717) is 42.3 Å². The van der Waals surface area contributed by atoms with E-state index in [1.54, 1.807) is 18.2 Å². The number of halogens is 1. The number of amides is 1. The van der Waals surface area contributed by atoms with Gasteiger partial charge < -0.3 is 11.1 Å². The van der Waals surface area contributed by atoms with Gasteiger partial charge in [0, 0.05) is 24.5 Å². The lowest BCUT2D eigenvalue weighted by molar-refractivity contribution is -0.116. The molecule has 0 saturated carbocycles. The largest absolute Gasteiger partial charge is 0.397 e. The van der Waals surface area contributed by atoms with Crippen LogP contribution in [0.5, 0.6) is 0 Å². The Morgan fingerprint density at radius 2 is 2.19 bits per heavy atom. The van der Waals surface area contributed by atoms with Crippen molar-refractivity contribution in [1.29, 1.82) is 0 Å². The highest BCUT2D eigenvalue weighted by atomic mass is 35.5. The average Bonchev–Trinajstić information content (AvgIpc) is 2.73. The summed E-state index contributed by atoms with van der Waals surface area (Å²) in [5.41, 5.74) is 6.65. The summed E-state index contributed by atoms with van der Waals surface area (Å²) in [7, 11) is -3.09. The predicted octanol–water partition coefficient (Wildman–Crippen LogP) is 1.68. The van der Waals surface area contributed by atoms with Crippen molar-refractivity contribution >= 4 is 38.9 Å². The summed E-state index contributed by atoms with van der Waals surface area (Å²) in [6.45, 7) is 0.923. The number of hydrogen-bond donors (Lipinski definition) is 2. The van der Waals surface area contributed by atoms with Gasteiger partial charge in [-0.2, -0.15) is 0 Å². The maximum absolute atomic E-state index is 11.8. The van der Waals surface area contributed by atoms with E-state index in [2.05, 4.69) is 5.32 Å². The van der Waals surface area contributed by atoms with Crippen LogP contribution in [0.2, 0.25) is 5.02 Å². The molecule has 116 valence electrons.